The van der Waals surface area contributed by atoms with Gasteiger partial charge in [0.2, 0.25) is 0 Å². The summed E-state index contributed by atoms with van der Waals surface area (Å²) in [6, 6.07) is 0.321. The van der Waals surface area contributed by atoms with Crippen molar-refractivity contribution in [2.75, 3.05) is 37.4 Å². The van der Waals surface area contributed by atoms with Crippen LogP contribution in [0.3, 0.4) is 0 Å². The Labute approximate surface area is 128 Å². The van der Waals surface area contributed by atoms with Crippen molar-refractivity contribution in [1.82, 2.24) is 9.69 Å². The first kappa shape index (κ1) is 14.6. The van der Waals surface area contributed by atoms with Gasteiger partial charge in [0.15, 0.2) is 5.82 Å². The Morgan fingerprint density at radius 2 is 2.33 bits per heavy atom. The van der Waals surface area contributed by atoms with Gasteiger partial charge >= 0.3 is 0 Å². The number of nitrogens with zero attached hydrogens (tertiary/aromatic N) is 2. The third-order valence-corrected chi connectivity index (χ3v) is 4.95. The molecule has 2 heterocycles. The second kappa shape index (κ2) is 6.19. The van der Waals surface area contributed by atoms with Crippen LogP contribution >= 0.6 is 11.5 Å². The van der Waals surface area contributed by atoms with E-state index in [1.807, 2.05) is 7.05 Å². The highest BCUT2D eigenvalue weighted by atomic mass is 32.1. The summed E-state index contributed by atoms with van der Waals surface area (Å²) in [4.78, 5) is 14.4. The number of amides is 1. The summed E-state index contributed by atoms with van der Waals surface area (Å²) in [5.41, 5.74) is 6.43. The van der Waals surface area contributed by atoms with Crippen molar-refractivity contribution in [3.05, 3.63) is 5.56 Å². The predicted molar refractivity (Wildman–Crippen MR) is 83.8 cm³/mol. The third-order valence-electron chi connectivity index (χ3n) is 3.97. The largest absolute Gasteiger partial charge is 0.382 e. The van der Waals surface area contributed by atoms with Crippen LogP contribution in [0.4, 0.5) is 10.8 Å². The Morgan fingerprint density at radius 3 is 3.00 bits per heavy atom. The summed E-state index contributed by atoms with van der Waals surface area (Å²) >= 11 is 1.30. The van der Waals surface area contributed by atoms with E-state index in [1.54, 1.807) is 0 Å². The Bertz CT molecular complexity index is 509. The quantitative estimate of drug-likeness (QED) is 0.861. The molecule has 21 heavy (non-hydrogen) atoms. The van der Waals surface area contributed by atoms with Crippen molar-refractivity contribution >= 4 is 28.3 Å². The molecule has 0 radical (unpaired) electrons. The molecule has 1 aliphatic carbocycles. The summed E-state index contributed by atoms with van der Waals surface area (Å²) < 4.78 is 9.68. The van der Waals surface area contributed by atoms with Gasteiger partial charge in [0.1, 0.15) is 10.6 Å². The first-order valence-electron chi connectivity index (χ1n) is 7.50. The van der Waals surface area contributed by atoms with Crippen LogP contribution in [-0.4, -0.2) is 43.1 Å². The monoisotopic (exact) mass is 310 g/mol. The van der Waals surface area contributed by atoms with Crippen molar-refractivity contribution in [2.45, 2.75) is 31.7 Å². The molecule has 1 unspecified atom stereocenters. The minimum atomic E-state index is -0.0921. The molecule has 3 rings (SSSR count). The van der Waals surface area contributed by atoms with Crippen LogP contribution in [0.5, 0.6) is 0 Å². The number of carbonyl (C=O) groups is 1. The molecule has 1 aliphatic heterocycles. The molecule has 1 saturated heterocycles. The van der Waals surface area contributed by atoms with Crippen molar-refractivity contribution in [1.29, 1.82) is 0 Å². The van der Waals surface area contributed by atoms with Gasteiger partial charge in [-0.25, -0.2) is 0 Å². The standard InChI is InChI=1S/C14H22N4O2S/c1-18(7-9-3-2-6-20-8-9)14-11(12(15)17-21-14)13(19)16-10-4-5-10/h9-10H,2-8H2,1H3,(H2,15,17)(H,16,19). The number of aromatic nitrogens is 1. The van der Waals surface area contributed by atoms with Crippen LogP contribution in [0.2, 0.25) is 0 Å². The van der Waals surface area contributed by atoms with Crippen molar-refractivity contribution in [3.63, 3.8) is 0 Å². The molecule has 6 nitrogen and oxygen atoms in total. The number of hydrogen-bond donors (Lipinski definition) is 2. The zero-order chi connectivity index (χ0) is 14.8. The topological polar surface area (TPSA) is 80.5 Å². The lowest BCUT2D eigenvalue weighted by atomic mass is 10.0. The minimum absolute atomic E-state index is 0.0921. The zero-order valence-electron chi connectivity index (χ0n) is 12.3. The lowest BCUT2D eigenvalue weighted by molar-refractivity contribution is 0.0577. The highest BCUT2D eigenvalue weighted by Crippen LogP contribution is 2.32. The van der Waals surface area contributed by atoms with Crippen molar-refractivity contribution < 1.29 is 9.53 Å². The SMILES string of the molecule is CN(CC1CCCOC1)c1snc(N)c1C(=O)NC1CC1. The number of ether oxygens (including phenoxy) is 1. The van der Waals surface area contributed by atoms with Gasteiger partial charge in [0.05, 0.1) is 6.61 Å². The van der Waals surface area contributed by atoms with Crippen LogP contribution in [0, 0.1) is 5.92 Å². The van der Waals surface area contributed by atoms with Crippen LogP contribution in [0.25, 0.3) is 0 Å². The van der Waals surface area contributed by atoms with E-state index in [1.165, 1.54) is 18.0 Å². The second-order valence-electron chi connectivity index (χ2n) is 5.96. The van der Waals surface area contributed by atoms with Gasteiger partial charge in [-0.2, -0.15) is 4.37 Å². The molecule has 1 aromatic heterocycles. The van der Waals surface area contributed by atoms with Crippen molar-refractivity contribution in [2.24, 2.45) is 5.92 Å². The lowest BCUT2D eigenvalue weighted by Gasteiger charge is -2.27. The number of nitrogens with one attached hydrogen (secondary N) is 1. The van der Waals surface area contributed by atoms with Gasteiger partial charge < -0.3 is 20.7 Å². The molecule has 2 aliphatic rings. The Balaban J connectivity index is 1.69. The molecule has 7 heteroatoms. The van der Waals surface area contributed by atoms with Crippen molar-refractivity contribution in [3.8, 4) is 0 Å². The normalized spacial score (nSPS) is 22.0. The van der Waals surface area contributed by atoms with E-state index in [9.17, 15) is 4.79 Å². The van der Waals surface area contributed by atoms with Gasteiger partial charge in [-0.15, -0.1) is 0 Å². The molecular weight excluding hydrogens is 288 g/mol. The number of nitrogen functional groups attached to an aromatic ring is 1. The fourth-order valence-electron chi connectivity index (χ4n) is 2.67. The molecule has 1 saturated carbocycles. The Morgan fingerprint density at radius 1 is 1.52 bits per heavy atom. The highest BCUT2D eigenvalue weighted by Gasteiger charge is 2.29. The van der Waals surface area contributed by atoms with Gasteiger partial charge in [0, 0.05) is 26.2 Å². The maximum atomic E-state index is 12.3. The van der Waals surface area contributed by atoms with Crippen LogP contribution in [0.1, 0.15) is 36.0 Å². The molecule has 1 aromatic rings. The third kappa shape index (κ3) is 3.47. The van der Waals surface area contributed by atoms with Crippen LogP contribution in [0.15, 0.2) is 0 Å². The molecule has 0 bridgehead atoms. The highest BCUT2D eigenvalue weighted by molar-refractivity contribution is 7.11. The number of anilines is 2. The molecule has 1 atom stereocenters. The minimum Gasteiger partial charge on any atom is -0.382 e. The average molecular weight is 310 g/mol. The van der Waals surface area contributed by atoms with E-state index >= 15 is 0 Å². The zero-order valence-corrected chi connectivity index (χ0v) is 13.1. The van der Waals surface area contributed by atoms with Gasteiger partial charge in [-0.3, -0.25) is 4.79 Å². The molecule has 116 valence electrons. The molecule has 3 N–H and O–H groups in total. The van der Waals surface area contributed by atoms with E-state index in [-0.39, 0.29) is 5.91 Å². The molecule has 2 fully saturated rings. The van der Waals surface area contributed by atoms with Gasteiger partial charge in [0.25, 0.3) is 5.91 Å². The molecule has 0 aromatic carbocycles. The number of nitrogens with two attached hydrogens (primary N) is 1. The summed E-state index contributed by atoms with van der Waals surface area (Å²) in [6.45, 7) is 2.52. The molecular formula is C14H22N4O2S. The maximum Gasteiger partial charge on any atom is 0.258 e. The molecule has 1 amide bonds. The van der Waals surface area contributed by atoms with E-state index in [0.29, 0.717) is 23.3 Å². The van der Waals surface area contributed by atoms with Crippen LogP contribution < -0.4 is 16.0 Å². The fourth-order valence-corrected chi connectivity index (χ4v) is 3.45. The molecule has 0 spiro atoms. The number of rotatable bonds is 5. The van der Waals surface area contributed by atoms with E-state index in [0.717, 1.165) is 44.0 Å². The average Bonchev–Trinajstić information content (AvgIpc) is 3.19. The maximum absolute atomic E-state index is 12.3. The van der Waals surface area contributed by atoms with E-state index < -0.39 is 0 Å². The summed E-state index contributed by atoms with van der Waals surface area (Å²) in [5.74, 6) is 0.747. The summed E-state index contributed by atoms with van der Waals surface area (Å²) in [6.07, 6.45) is 4.40. The lowest BCUT2D eigenvalue weighted by Crippen LogP contribution is -2.32. The van der Waals surface area contributed by atoms with Crippen LogP contribution in [-0.2, 0) is 4.74 Å². The van der Waals surface area contributed by atoms with E-state index in [2.05, 4.69) is 14.6 Å². The Kier molecular flexibility index (Phi) is 4.30. The summed E-state index contributed by atoms with van der Waals surface area (Å²) in [7, 11) is 2.00. The summed E-state index contributed by atoms with van der Waals surface area (Å²) in [5, 5.41) is 3.85. The predicted octanol–water partition coefficient (Wildman–Crippen LogP) is 1.48. The van der Waals surface area contributed by atoms with Gasteiger partial charge in [-0.1, -0.05) is 0 Å². The van der Waals surface area contributed by atoms with E-state index in [4.69, 9.17) is 10.5 Å². The Hall–Kier alpha value is -1.34. The van der Waals surface area contributed by atoms with Gasteiger partial charge in [-0.05, 0) is 43.1 Å². The first-order chi connectivity index (χ1) is 10.1. The first-order valence-corrected chi connectivity index (χ1v) is 8.27. The second-order valence-corrected chi connectivity index (χ2v) is 6.71. The number of hydrogen-bond acceptors (Lipinski definition) is 6. The number of carbonyl (C=O) groups excluding carboxylic acids is 1. The smallest absolute Gasteiger partial charge is 0.258 e. The fraction of sp³-hybridized carbons (Fsp3) is 0.714.